The number of hydrogen-bond acceptors (Lipinski definition) is 5. The lowest BCUT2D eigenvalue weighted by molar-refractivity contribution is -0.138. The summed E-state index contributed by atoms with van der Waals surface area (Å²) < 4.78 is 14.9. The summed E-state index contributed by atoms with van der Waals surface area (Å²) in [5.74, 6) is -0.581. The van der Waals surface area contributed by atoms with E-state index in [2.05, 4.69) is 4.74 Å². The molecular formula is C17H16O5. The van der Waals surface area contributed by atoms with E-state index in [4.69, 9.17) is 9.47 Å². The van der Waals surface area contributed by atoms with Crippen molar-refractivity contribution < 1.29 is 23.8 Å². The number of benzene rings is 2. The molecular weight excluding hydrogens is 284 g/mol. The van der Waals surface area contributed by atoms with Crippen molar-refractivity contribution in [3.8, 4) is 5.75 Å². The van der Waals surface area contributed by atoms with Crippen LogP contribution in [0.25, 0.3) is 0 Å². The van der Waals surface area contributed by atoms with Crippen molar-refractivity contribution in [3.63, 3.8) is 0 Å². The van der Waals surface area contributed by atoms with Gasteiger partial charge in [-0.05, 0) is 29.8 Å². The van der Waals surface area contributed by atoms with Gasteiger partial charge in [-0.2, -0.15) is 0 Å². The first-order valence-corrected chi connectivity index (χ1v) is 6.70. The second-order valence-corrected chi connectivity index (χ2v) is 4.49. The Balaban J connectivity index is 1.89. The molecule has 5 nitrogen and oxygen atoms in total. The summed E-state index contributed by atoms with van der Waals surface area (Å²) in [6.07, 6.45) is 0. The number of rotatable bonds is 6. The van der Waals surface area contributed by atoms with Gasteiger partial charge in [0.2, 0.25) is 0 Å². The van der Waals surface area contributed by atoms with Gasteiger partial charge in [0.15, 0.2) is 0 Å². The molecule has 0 spiro atoms. The Labute approximate surface area is 128 Å². The van der Waals surface area contributed by atoms with Gasteiger partial charge in [0.25, 0.3) is 0 Å². The molecule has 0 bridgehead atoms. The summed E-state index contributed by atoms with van der Waals surface area (Å²) in [6, 6.07) is 15.6. The fraction of sp³-hybridized carbons (Fsp3) is 0.176. The minimum atomic E-state index is -0.498. The SMILES string of the molecule is COCC(=O)Oc1ccc(C(=O)OCc2ccccc2)cc1. The van der Waals surface area contributed by atoms with Gasteiger partial charge >= 0.3 is 11.9 Å². The van der Waals surface area contributed by atoms with Gasteiger partial charge < -0.3 is 14.2 Å². The predicted molar refractivity (Wildman–Crippen MR) is 79.5 cm³/mol. The minimum Gasteiger partial charge on any atom is -0.457 e. The second kappa shape index (κ2) is 7.95. The normalized spacial score (nSPS) is 10.0. The summed E-state index contributed by atoms with van der Waals surface area (Å²) in [6.45, 7) is 0.0884. The van der Waals surface area contributed by atoms with E-state index in [1.807, 2.05) is 30.3 Å². The third-order valence-electron chi connectivity index (χ3n) is 2.80. The molecule has 0 N–H and O–H groups in total. The van der Waals surface area contributed by atoms with E-state index >= 15 is 0 Å². The largest absolute Gasteiger partial charge is 0.457 e. The van der Waals surface area contributed by atoms with Gasteiger partial charge in [0, 0.05) is 7.11 Å². The Morgan fingerprint density at radius 3 is 2.27 bits per heavy atom. The van der Waals surface area contributed by atoms with Gasteiger partial charge in [-0.15, -0.1) is 0 Å². The highest BCUT2D eigenvalue weighted by molar-refractivity contribution is 5.89. The lowest BCUT2D eigenvalue weighted by atomic mass is 10.2. The zero-order valence-corrected chi connectivity index (χ0v) is 12.2. The molecule has 5 heteroatoms. The Hall–Kier alpha value is -2.66. The van der Waals surface area contributed by atoms with Crippen LogP contribution in [0.15, 0.2) is 54.6 Å². The maximum atomic E-state index is 11.9. The molecule has 0 aliphatic rings. The summed E-state index contributed by atoms with van der Waals surface area (Å²) in [5.41, 5.74) is 1.31. The standard InChI is InChI=1S/C17H16O5/c1-20-12-16(18)22-15-9-7-14(8-10-15)17(19)21-11-13-5-3-2-4-6-13/h2-10H,11-12H2,1H3. The maximum Gasteiger partial charge on any atom is 0.338 e. The molecule has 0 amide bonds. The number of carbonyl (C=O) groups excluding carboxylic acids is 2. The van der Waals surface area contributed by atoms with Gasteiger partial charge in [-0.3, -0.25) is 0 Å². The van der Waals surface area contributed by atoms with Crippen molar-refractivity contribution in [1.29, 1.82) is 0 Å². The maximum absolute atomic E-state index is 11.9. The van der Waals surface area contributed by atoms with E-state index in [1.165, 1.54) is 19.2 Å². The van der Waals surface area contributed by atoms with Crippen molar-refractivity contribution >= 4 is 11.9 Å². The molecule has 2 rings (SSSR count). The molecule has 0 aromatic heterocycles. The Kier molecular flexibility index (Phi) is 5.68. The van der Waals surface area contributed by atoms with Crippen LogP contribution in [0.2, 0.25) is 0 Å². The highest BCUT2D eigenvalue weighted by atomic mass is 16.6. The smallest absolute Gasteiger partial charge is 0.338 e. The summed E-state index contributed by atoms with van der Waals surface area (Å²) >= 11 is 0. The van der Waals surface area contributed by atoms with Gasteiger partial charge in [-0.1, -0.05) is 30.3 Å². The van der Waals surface area contributed by atoms with Crippen LogP contribution in [0.1, 0.15) is 15.9 Å². The zero-order chi connectivity index (χ0) is 15.8. The summed E-state index contributed by atoms with van der Waals surface area (Å²) in [5, 5.41) is 0. The fourth-order valence-corrected chi connectivity index (χ4v) is 1.74. The molecule has 2 aromatic carbocycles. The number of methoxy groups -OCH3 is 1. The molecule has 0 saturated heterocycles. The second-order valence-electron chi connectivity index (χ2n) is 4.49. The molecule has 0 radical (unpaired) electrons. The van der Waals surface area contributed by atoms with Gasteiger partial charge in [-0.25, -0.2) is 9.59 Å². The predicted octanol–water partition coefficient (Wildman–Crippen LogP) is 2.60. The van der Waals surface area contributed by atoms with Crippen LogP contribution >= 0.6 is 0 Å². The van der Waals surface area contributed by atoms with E-state index < -0.39 is 11.9 Å². The average molecular weight is 300 g/mol. The topological polar surface area (TPSA) is 61.8 Å². The Bertz CT molecular complexity index is 619. The van der Waals surface area contributed by atoms with Crippen LogP contribution in [0.5, 0.6) is 5.75 Å². The first-order valence-electron chi connectivity index (χ1n) is 6.70. The summed E-state index contributed by atoms with van der Waals surface area (Å²) in [7, 11) is 1.41. The summed E-state index contributed by atoms with van der Waals surface area (Å²) in [4.78, 5) is 23.2. The number of esters is 2. The Morgan fingerprint density at radius 1 is 0.955 bits per heavy atom. The fourth-order valence-electron chi connectivity index (χ4n) is 1.74. The van der Waals surface area contributed by atoms with Gasteiger partial charge in [0.05, 0.1) is 5.56 Å². The molecule has 2 aromatic rings. The molecule has 0 aliphatic carbocycles. The van der Waals surface area contributed by atoms with Crippen molar-refractivity contribution in [2.45, 2.75) is 6.61 Å². The first-order chi connectivity index (χ1) is 10.7. The highest BCUT2D eigenvalue weighted by Crippen LogP contribution is 2.14. The minimum absolute atomic E-state index is 0.124. The van der Waals surface area contributed by atoms with E-state index in [1.54, 1.807) is 12.1 Å². The zero-order valence-electron chi connectivity index (χ0n) is 12.2. The van der Waals surface area contributed by atoms with Crippen LogP contribution in [0, 0.1) is 0 Å². The lowest BCUT2D eigenvalue weighted by Gasteiger charge is -2.06. The van der Waals surface area contributed by atoms with Crippen molar-refractivity contribution in [2.75, 3.05) is 13.7 Å². The van der Waals surface area contributed by atoms with Gasteiger partial charge in [0.1, 0.15) is 19.0 Å². The molecule has 0 heterocycles. The quantitative estimate of drug-likeness (QED) is 0.606. The van der Waals surface area contributed by atoms with Crippen LogP contribution < -0.4 is 4.74 Å². The number of ether oxygens (including phenoxy) is 3. The van der Waals surface area contributed by atoms with E-state index in [0.29, 0.717) is 11.3 Å². The molecule has 22 heavy (non-hydrogen) atoms. The van der Waals surface area contributed by atoms with Crippen molar-refractivity contribution in [2.24, 2.45) is 0 Å². The molecule has 0 fully saturated rings. The number of carbonyl (C=O) groups is 2. The van der Waals surface area contributed by atoms with E-state index in [0.717, 1.165) is 5.56 Å². The van der Waals surface area contributed by atoms with E-state index in [9.17, 15) is 9.59 Å². The van der Waals surface area contributed by atoms with Crippen molar-refractivity contribution in [1.82, 2.24) is 0 Å². The van der Waals surface area contributed by atoms with Crippen LogP contribution in [0.4, 0.5) is 0 Å². The third-order valence-corrected chi connectivity index (χ3v) is 2.80. The number of hydrogen-bond donors (Lipinski definition) is 0. The van der Waals surface area contributed by atoms with Crippen LogP contribution in [0.3, 0.4) is 0 Å². The lowest BCUT2D eigenvalue weighted by Crippen LogP contribution is -2.14. The third kappa shape index (κ3) is 4.71. The highest BCUT2D eigenvalue weighted by Gasteiger charge is 2.09. The van der Waals surface area contributed by atoms with Crippen molar-refractivity contribution in [3.05, 3.63) is 65.7 Å². The Morgan fingerprint density at radius 2 is 1.64 bits per heavy atom. The van der Waals surface area contributed by atoms with E-state index in [-0.39, 0.29) is 13.2 Å². The average Bonchev–Trinajstić information content (AvgIpc) is 2.54. The molecule has 0 saturated carbocycles. The van der Waals surface area contributed by atoms with Crippen LogP contribution in [-0.4, -0.2) is 25.7 Å². The monoisotopic (exact) mass is 300 g/mol. The van der Waals surface area contributed by atoms with Crippen LogP contribution in [-0.2, 0) is 20.9 Å². The first kappa shape index (κ1) is 15.7. The molecule has 114 valence electrons. The molecule has 0 atom stereocenters. The molecule has 0 aliphatic heterocycles. The molecule has 0 unspecified atom stereocenters.